The molecule has 1 saturated heterocycles. The minimum Gasteiger partial charge on any atom is -0.355 e. The third-order valence-electron chi connectivity index (χ3n) is 4.03. The molecule has 4 heteroatoms. The van der Waals surface area contributed by atoms with Crippen LogP contribution in [0.3, 0.4) is 0 Å². The summed E-state index contributed by atoms with van der Waals surface area (Å²) in [4.78, 5) is 14.2. The Morgan fingerprint density at radius 1 is 1.24 bits per heavy atom. The maximum atomic E-state index is 11.7. The van der Waals surface area contributed by atoms with Crippen LogP contribution >= 0.6 is 12.6 Å². The summed E-state index contributed by atoms with van der Waals surface area (Å²) in [5.74, 6) is 1.07. The monoisotopic (exact) mass is 256 g/mol. The van der Waals surface area contributed by atoms with E-state index in [-0.39, 0.29) is 11.3 Å². The lowest BCUT2D eigenvalue weighted by Gasteiger charge is -2.26. The van der Waals surface area contributed by atoms with E-state index >= 15 is 0 Å². The van der Waals surface area contributed by atoms with Gasteiger partial charge in [0.05, 0.1) is 0 Å². The molecule has 0 aromatic rings. The first-order valence-electron chi connectivity index (χ1n) is 6.84. The van der Waals surface area contributed by atoms with Crippen LogP contribution in [-0.4, -0.2) is 42.7 Å². The number of hydrogen-bond acceptors (Lipinski definition) is 3. The summed E-state index contributed by atoms with van der Waals surface area (Å²) < 4.78 is 0. The number of nitrogens with one attached hydrogen (secondary N) is 1. The Balaban J connectivity index is 1.56. The molecule has 0 spiro atoms. The average Bonchev–Trinajstić information content (AvgIpc) is 3.11. The third-order valence-corrected chi connectivity index (χ3v) is 4.70. The second kappa shape index (κ2) is 6.10. The molecular formula is C13H24N2OS. The number of amides is 1. The molecule has 98 valence electrons. The van der Waals surface area contributed by atoms with Crippen molar-refractivity contribution >= 4 is 18.5 Å². The van der Waals surface area contributed by atoms with E-state index in [1.165, 1.54) is 45.2 Å². The molecule has 0 atom stereocenters. The van der Waals surface area contributed by atoms with E-state index in [4.69, 9.17) is 0 Å². The van der Waals surface area contributed by atoms with Crippen molar-refractivity contribution in [2.45, 2.75) is 38.5 Å². The van der Waals surface area contributed by atoms with E-state index in [9.17, 15) is 4.79 Å². The molecule has 1 heterocycles. The summed E-state index contributed by atoms with van der Waals surface area (Å²) in [6.07, 6.45) is 7.03. The van der Waals surface area contributed by atoms with Crippen molar-refractivity contribution in [3.8, 4) is 0 Å². The normalized spacial score (nSPS) is 23.4. The lowest BCUT2D eigenvalue weighted by Crippen LogP contribution is -2.38. The molecule has 0 aromatic carbocycles. The van der Waals surface area contributed by atoms with Crippen LogP contribution in [0.25, 0.3) is 0 Å². The Morgan fingerprint density at radius 2 is 1.94 bits per heavy atom. The van der Waals surface area contributed by atoms with Gasteiger partial charge in [-0.1, -0.05) is 6.42 Å². The van der Waals surface area contributed by atoms with Gasteiger partial charge in [-0.25, -0.2) is 0 Å². The molecule has 3 nitrogen and oxygen atoms in total. The highest BCUT2D eigenvalue weighted by molar-refractivity contribution is 7.80. The lowest BCUT2D eigenvalue weighted by molar-refractivity contribution is -0.122. The summed E-state index contributed by atoms with van der Waals surface area (Å²) in [5, 5.41) is 3.05. The topological polar surface area (TPSA) is 32.3 Å². The van der Waals surface area contributed by atoms with Gasteiger partial charge in [0.25, 0.3) is 0 Å². The van der Waals surface area contributed by atoms with Crippen molar-refractivity contribution in [1.29, 1.82) is 0 Å². The van der Waals surface area contributed by atoms with Gasteiger partial charge in [0.2, 0.25) is 5.91 Å². The van der Waals surface area contributed by atoms with E-state index in [0.717, 1.165) is 18.8 Å². The van der Waals surface area contributed by atoms with Crippen LogP contribution in [0.5, 0.6) is 0 Å². The zero-order valence-electron chi connectivity index (χ0n) is 10.6. The van der Waals surface area contributed by atoms with Crippen molar-refractivity contribution in [2.24, 2.45) is 5.41 Å². The number of carbonyl (C=O) groups excluding carboxylic acids is 1. The van der Waals surface area contributed by atoms with Crippen LogP contribution in [-0.2, 0) is 4.79 Å². The summed E-state index contributed by atoms with van der Waals surface area (Å²) in [7, 11) is 0. The van der Waals surface area contributed by atoms with E-state index < -0.39 is 0 Å². The SMILES string of the molecule is O=C(CC1(CS)CC1)NCCN1CCCCC1. The Bertz CT molecular complexity index is 260. The fourth-order valence-electron chi connectivity index (χ4n) is 2.51. The molecule has 1 saturated carbocycles. The van der Waals surface area contributed by atoms with Crippen molar-refractivity contribution in [2.75, 3.05) is 31.9 Å². The first kappa shape index (κ1) is 13.2. The summed E-state index contributed by atoms with van der Waals surface area (Å²) in [6, 6.07) is 0. The molecule has 1 N–H and O–H groups in total. The lowest BCUT2D eigenvalue weighted by atomic mass is 10.1. The molecule has 0 unspecified atom stereocenters. The first-order valence-corrected chi connectivity index (χ1v) is 7.47. The number of nitrogens with zero attached hydrogens (tertiary/aromatic N) is 1. The van der Waals surface area contributed by atoms with Crippen molar-refractivity contribution in [3.63, 3.8) is 0 Å². The second-order valence-corrected chi connectivity index (χ2v) is 5.90. The van der Waals surface area contributed by atoms with Crippen LogP contribution < -0.4 is 5.32 Å². The van der Waals surface area contributed by atoms with Crippen LogP contribution in [0.4, 0.5) is 0 Å². The molecule has 0 aromatic heterocycles. The average molecular weight is 256 g/mol. The Labute approximate surface area is 110 Å². The number of thiol groups is 1. The van der Waals surface area contributed by atoms with Crippen molar-refractivity contribution in [1.82, 2.24) is 10.2 Å². The zero-order chi connectivity index (χ0) is 12.1. The van der Waals surface area contributed by atoms with Gasteiger partial charge in [-0.05, 0) is 49.9 Å². The molecule has 1 aliphatic heterocycles. The minimum absolute atomic E-state index is 0.216. The third kappa shape index (κ3) is 4.18. The quantitative estimate of drug-likeness (QED) is 0.709. The highest BCUT2D eigenvalue weighted by atomic mass is 32.1. The van der Waals surface area contributed by atoms with Gasteiger partial charge in [-0.15, -0.1) is 0 Å². The Kier molecular flexibility index (Phi) is 4.74. The number of rotatable bonds is 6. The van der Waals surface area contributed by atoms with E-state index in [0.29, 0.717) is 6.42 Å². The fourth-order valence-corrected chi connectivity index (χ4v) is 2.94. The first-order chi connectivity index (χ1) is 8.24. The largest absolute Gasteiger partial charge is 0.355 e. The standard InChI is InChI=1S/C13H24N2OS/c16-12(10-13(11-17)4-5-13)14-6-9-15-7-2-1-3-8-15/h17H,1-11H2,(H,14,16). The van der Waals surface area contributed by atoms with Gasteiger partial charge >= 0.3 is 0 Å². The predicted molar refractivity (Wildman–Crippen MR) is 73.4 cm³/mol. The summed E-state index contributed by atoms with van der Waals surface area (Å²) >= 11 is 4.32. The van der Waals surface area contributed by atoms with E-state index in [2.05, 4.69) is 22.8 Å². The van der Waals surface area contributed by atoms with E-state index in [1.54, 1.807) is 0 Å². The van der Waals surface area contributed by atoms with Gasteiger partial charge in [0.15, 0.2) is 0 Å². The van der Waals surface area contributed by atoms with Gasteiger partial charge in [0.1, 0.15) is 0 Å². The molecule has 0 bridgehead atoms. The van der Waals surface area contributed by atoms with Gasteiger partial charge in [-0.3, -0.25) is 4.79 Å². The van der Waals surface area contributed by atoms with Gasteiger partial charge in [-0.2, -0.15) is 12.6 Å². The van der Waals surface area contributed by atoms with Crippen molar-refractivity contribution < 1.29 is 4.79 Å². The number of hydrogen-bond donors (Lipinski definition) is 2. The summed E-state index contributed by atoms with van der Waals surface area (Å²) in [5.41, 5.74) is 0.248. The molecule has 2 rings (SSSR count). The molecular weight excluding hydrogens is 232 g/mol. The van der Waals surface area contributed by atoms with Crippen LogP contribution in [0.2, 0.25) is 0 Å². The predicted octanol–water partition coefficient (Wildman–Crippen LogP) is 1.69. The molecule has 0 radical (unpaired) electrons. The smallest absolute Gasteiger partial charge is 0.220 e. The van der Waals surface area contributed by atoms with Crippen LogP contribution in [0, 0.1) is 5.41 Å². The Morgan fingerprint density at radius 3 is 2.53 bits per heavy atom. The van der Waals surface area contributed by atoms with Crippen LogP contribution in [0.1, 0.15) is 38.5 Å². The van der Waals surface area contributed by atoms with Crippen molar-refractivity contribution in [3.05, 3.63) is 0 Å². The molecule has 2 aliphatic rings. The molecule has 1 aliphatic carbocycles. The number of carbonyl (C=O) groups is 1. The van der Waals surface area contributed by atoms with Gasteiger partial charge in [0, 0.05) is 19.5 Å². The van der Waals surface area contributed by atoms with Gasteiger partial charge < -0.3 is 10.2 Å². The number of piperidine rings is 1. The molecule has 1 amide bonds. The molecule has 17 heavy (non-hydrogen) atoms. The summed E-state index contributed by atoms with van der Waals surface area (Å²) in [6.45, 7) is 4.23. The zero-order valence-corrected chi connectivity index (χ0v) is 11.5. The maximum absolute atomic E-state index is 11.7. The Hall–Kier alpha value is -0.220. The maximum Gasteiger partial charge on any atom is 0.220 e. The van der Waals surface area contributed by atoms with Crippen LogP contribution in [0.15, 0.2) is 0 Å². The number of likely N-dealkylation sites (tertiary alicyclic amines) is 1. The second-order valence-electron chi connectivity index (χ2n) is 5.59. The molecule has 2 fully saturated rings. The van der Waals surface area contributed by atoms with E-state index in [1.807, 2.05) is 0 Å². The minimum atomic E-state index is 0.216. The highest BCUT2D eigenvalue weighted by Crippen LogP contribution is 2.49. The fraction of sp³-hybridized carbons (Fsp3) is 0.923. The highest BCUT2D eigenvalue weighted by Gasteiger charge is 2.42.